The monoisotopic (exact) mass is 434 g/mol. The second kappa shape index (κ2) is 7.71. The number of rotatable bonds is 4. The van der Waals surface area contributed by atoms with Gasteiger partial charge in [-0.15, -0.1) is 0 Å². The predicted octanol–water partition coefficient (Wildman–Crippen LogP) is 3.14. The summed E-state index contributed by atoms with van der Waals surface area (Å²) in [6.45, 7) is 2.42. The quantitative estimate of drug-likeness (QED) is 0.472. The van der Waals surface area contributed by atoms with Crippen molar-refractivity contribution in [2.24, 2.45) is 0 Å². The van der Waals surface area contributed by atoms with E-state index in [0.29, 0.717) is 39.1 Å². The molecule has 1 amide bonds. The fourth-order valence-electron chi connectivity index (χ4n) is 2.36. The molecule has 7 nitrogen and oxygen atoms in total. The van der Waals surface area contributed by atoms with Gasteiger partial charge < -0.3 is 20.0 Å². The third-order valence-corrected chi connectivity index (χ3v) is 4.32. The Labute approximate surface area is 162 Å². The molecule has 1 aromatic heterocycles. The number of aromatic amines is 2. The van der Waals surface area contributed by atoms with Crippen molar-refractivity contribution < 1.29 is 9.53 Å². The van der Waals surface area contributed by atoms with Crippen LogP contribution < -0.4 is 21.1 Å². The van der Waals surface area contributed by atoms with Gasteiger partial charge in [0.15, 0.2) is 5.11 Å². The molecule has 0 unspecified atom stereocenters. The molecule has 0 saturated heterocycles. The minimum absolute atomic E-state index is 0.150. The molecule has 4 N–H and O–H groups in total. The molecule has 26 heavy (non-hydrogen) atoms. The number of imidazole rings is 1. The average Bonchev–Trinajstić information content (AvgIpc) is 2.96. The van der Waals surface area contributed by atoms with Gasteiger partial charge in [-0.1, -0.05) is 0 Å². The first-order valence-corrected chi connectivity index (χ1v) is 8.93. The Morgan fingerprint density at radius 2 is 1.96 bits per heavy atom. The van der Waals surface area contributed by atoms with E-state index in [2.05, 4.69) is 36.5 Å². The molecule has 0 spiro atoms. The number of carbonyl (C=O) groups is 1. The molecule has 3 rings (SSSR count). The second-order valence-electron chi connectivity index (χ2n) is 5.33. The highest BCUT2D eigenvalue weighted by Crippen LogP contribution is 2.26. The van der Waals surface area contributed by atoms with Crippen molar-refractivity contribution in [3.63, 3.8) is 0 Å². The predicted molar refractivity (Wildman–Crippen MR) is 108 cm³/mol. The zero-order valence-electron chi connectivity index (χ0n) is 13.7. The van der Waals surface area contributed by atoms with E-state index in [-0.39, 0.29) is 16.7 Å². The largest absolute Gasteiger partial charge is 0.493 e. The van der Waals surface area contributed by atoms with Crippen LogP contribution in [0.25, 0.3) is 11.0 Å². The Morgan fingerprint density at radius 3 is 2.69 bits per heavy atom. The lowest BCUT2D eigenvalue weighted by Gasteiger charge is -2.11. The SMILES string of the molecule is CCOc1ccc(C(=O)NC(=S)Nc2ccc3[nH]c(=O)[nH]c3c2)cc1Br. The Balaban J connectivity index is 1.67. The van der Waals surface area contributed by atoms with E-state index in [0.717, 1.165) is 0 Å². The van der Waals surface area contributed by atoms with Crippen LogP contribution in [0, 0.1) is 0 Å². The Kier molecular flexibility index (Phi) is 5.38. The highest BCUT2D eigenvalue weighted by molar-refractivity contribution is 9.10. The van der Waals surface area contributed by atoms with Gasteiger partial charge in [0.2, 0.25) is 0 Å². The number of thiocarbonyl (C=S) groups is 1. The van der Waals surface area contributed by atoms with Crippen LogP contribution in [0.15, 0.2) is 45.7 Å². The molecule has 0 atom stereocenters. The Morgan fingerprint density at radius 1 is 1.19 bits per heavy atom. The van der Waals surface area contributed by atoms with Crippen LogP contribution in [0.2, 0.25) is 0 Å². The van der Waals surface area contributed by atoms with Crippen molar-refractivity contribution in [2.75, 3.05) is 11.9 Å². The molecule has 0 radical (unpaired) electrons. The number of hydrogen-bond donors (Lipinski definition) is 4. The summed E-state index contributed by atoms with van der Waals surface area (Å²) >= 11 is 8.56. The van der Waals surface area contributed by atoms with E-state index in [1.807, 2.05) is 6.92 Å². The van der Waals surface area contributed by atoms with Gasteiger partial charge in [0, 0.05) is 11.3 Å². The molecule has 2 aromatic carbocycles. The maximum Gasteiger partial charge on any atom is 0.323 e. The molecular weight excluding hydrogens is 420 g/mol. The minimum Gasteiger partial charge on any atom is -0.493 e. The van der Waals surface area contributed by atoms with Crippen molar-refractivity contribution >= 4 is 55.9 Å². The number of benzene rings is 2. The van der Waals surface area contributed by atoms with Crippen LogP contribution in [0.5, 0.6) is 5.75 Å². The van der Waals surface area contributed by atoms with Crippen LogP contribution in [-0.2, 0) is 0 Å². The number of nitrogens with one attached hydrogen (secondary N) is 4. The van der Waals surface area contributed by atoms with Gasteiger partial charge >= 0.3 is 5.69 Å². The molecular formula is C17H15BrN4O3S. The van der Waals surface area contributed by atoms with E-state index in [9.17, 15) is 9.59 Å². The summed E-state index contributed by atoms with van der Waals surface area (Å²) in [6, 6.07) is 10.2. The molecule has 3 aromatic rings. The fourth-order valence-corrected chi connectivity index (χ4v) is 3.07. The zero-order chi connectivity index (χ0) is 18.7. The highest BCUT2D eigenvalue weighted by Gasteiger charge is 2.11. The van der Waals surface area contributed by atoms with E-state index < -0.39 is 0 Å². The number of anilines is 1. The first-order chi connectivity index (χ1) is 12.5. The molecule has 0 aliphatic rings. The third-order valence-electron chi connectivity index (χ3n) is 3.49. The summed E-state index contributed by atoms with van der Waals surface area (Å²) in [5.74, 6) is 0.320. The number of ether oxygens (including phenoxy) is 1. The normalized spacial score (nSPS) is 10.5. The van der Waals surface area contributed by atoms with Gasteiger partial charge in [-0.3, -0.25) is 10.1 Å². The Hall–Kier alpha value is -2.65. The molecule has 0 fully saturated rings. The number of amides is 1. The summed E-state index contributed by atoms with van der Waals surface area (Å²) in [5.41, 5.74) is 2.13. The molecule has 0 aliphatic carbocycles. The average molecular weight is 435 g/mol. The number of hydrogen-bond acceptors (Lipinski definition) is 4. The van der Waals surface area contributed by atoms with Gasteiger partial charge in [-0.2, -0.15) is 0 Å². The molecule has 1 heterocycles. The van der Waals surface area contributed by atoms with Crippen molar-refractivity contribution in [1.29, 1.82) is 0 Å². The van der Waals surface area contributed by atoms with Crippen molar-refractivity contribution in [2.45, 2.75) is 6.92 Å². The number of carbonyl (C=O) groups excluding carboxylic acids is 1. The first kappa shape index (κ1) is 18.2. The smallest absolute Gasteiger partial charge is 0.323 e. The second-order valence-corrected chi connectivity index (χ2v) is 6.59. The van der Waals surface area contributed by atoms with Crippen molar-refractivity contribution in [1.82, 2.24) is 15.3 Å². The number of aromatic nitrogens is 2. The number of fused-ring (bicyclic) bond motifs is 1. The van der Waals surface area contributed by atoms with E-state index in [4.69, 9.17) is 17.0 Å². The fraction of sp³-hybridized carbons (Fsp3) is 0.118. The van der Waals surface area contributed by atoms with Crippen LogP contribution >= 0.6 is 28.1 Å². The van der Waals surface area contributed by atoms with Gasteiger partial charge in [-0.05, 0) is 71.5 Å². The van der Waals surface area contributed by atoms with Gasteiger partial charge in [-0.25, -0.2) is 4.79 Å². The van der Waals surface area contributed by atoms with Gasteiger partial charge in [0.25, 0.3) is 5.91 Å². The molecule has 0 aliphatic heterocycles. The highest BCUT2D eigenvalue weighted by atomic mass is 79.9. The summed E-state index contributed by atoms with van der Waals surface area (Å²) < 4.78 is 6.11. The van der Waals surface area contributed by atoms with E-state index >= 15 is 0 Å². The van der Waals surface area contributed by atoms with Crippen LogP contribution in [0.4, 0.5) is 5.69 Å². The first-order valence-electron chi connectivity index (χ1n) is 7.73. The number of halogens is 1. The van der Waals surface area contributed by atoms with Crippen LogP contribution in [0.3, 0.4) is 0 Å². The molecule has 134 valence electrons. The molecule has 0 saturated carbocycles. The lowest BCUT2D eigenvalue weighted by atomic mass is 10.2. The number of H-pyrrole nitrogens is 2. The Bertz CT molecular complexity index is 1040. The summed E-state index contributed by atoms with van der Waals surface area (Å²) in [6.07, 6.45) is 0. The topological polar surface area (TPSA) is 99.0 Å². The molecule has 9 heteroatoms. The van der Waals surface area contributed by atoms with Crippen LogP contribution in [0.1, 0.15) is 17.3 Å². The maximum atomic E-state index is 12.3. The third kappa shape index (κ3) is 4.12. The van der Waals surface area contributed by atoms with E-state index in [1.54, 1.807) is 36.4 Å². The summed E-state index contributed by atoms with van der Waals surface area (Å²) in [7, 11) is 0. The minimum atomic E-state index is -0.345. The lowest BCUT2D eigenvalue weighted by Crippen LogP contribution is -2.34. The zero-order valence-corrected chi connectivity index (χ0v) is 16.1. The molecule has 0 bridgehead atoms. The standard InChI is InChI=1S/C17H15BrN4O3S/c1-2-25-14-6-3-9(7-11(14)18)15(23)22-17(26)19-10-4-5-12-13(8-10)21-16(24)20-12/h3-8H,2H2,1H3,(H2,20,21,24)(H2,19,22,23,26). The van der Waals surface area contributed by atoms with E-state index in [1.165, 1.54) is 0 Å². The maximum absolute atomic E-state index is 12.3. The summed E-state index contributed by atoms with van der Waals surface area (Å²) in [5, 5.41) is 5.68. The van der Waals surface area contributed by atoms with Gasteiger partial charge in [0.05, 0.1) is 22.1 Å². The van der Waals surface area contributed by atoms with Crippen molar-refractivity contribution in [3.8, 4) is 5.75 Å². The summed E-state index contributed by atoms with van der Waals surface area (Å²) in [4.78, 5) is 28.9. The van der Waals surface area contributed by atoms with Gasteiger partial charge in [0.1, 0.15) is 5.75 Å². The lowest BCUT2D eigenvalue weighted by molar-refractivity contribution is 0.0977. The van der Waals surface area contributed by atoms with Crippen molar-refractivity contribution in [3.05, 3.63) is 56.9 Å². The van der Waals surface area contributed by atoms with Crippen LogP contribution in [-0.4, -0.2) is 27.6 Å².